The quantitative estimate of drug-likeness (QED) is 0.671. The van der Waals surface area contributed by atoms with Gasteiger partial charge in [0.15, 0.2) is 0 Å². The highest BCUT2D eigenvalue weighted by Gasteiger charge is 2.17. The molecule has 0 radical (unpaired) electrons. The lowest BCUT2D eigenvalue weighted by Gasteiger charge is -2.18. The monoisotopic (exact) mass is 265 g/mol. The molecule has 0 bridgehead atoms. The molecule has 3 heteroatoms. The Morgan fingerprint density at radius 1 is 1.12 bits per heavy atom. The van der Waals surface area contributed by atoms with Crippen LogP contribution in [0.15, 0.2) is 12.1 Å². The SMILES string of the molecule is Cc1cc(Cl)cc2c(Cl)c3c(nc12)CCCC3. The summed E-state index contributed by atoms with van der Waals surface area (Å²) in [5, 5.41) is 2.59. The highest BCUT2D eigenvalue weighted by atomic mass is 35.5. The molecule has 1 aliphatic rings. The standard InChI is InChI=1S/C14H13Cl2N/c1-8-6-9(15)7-11-13(16)10-4-2-3-5-12(10)17-14(8)11/h6-7H,2-5H2,1H3. The maximum atomic E-state index is 6.50. The summed E-state index contributed by atoms with van der Waals surface area (Å²) in [5.74, 6) is 0. The van der Waals surface area contributed by atoms with Crippen molar-refractivity contribution in [1.82, 2.24) is 4.98 Å². The summed E-state index contributed by atoms with van der Waals surface area (Å²) in [6.07, 6.45) is 4.52. The van der Waals surface area contributed by atoms with Crippen LogP contribution in [0.3, 0.4) is 0 Å². The van der Waals surface area contributed by atoms with E-state index in [4.69, 9.17) is 28.2 Å². The van der Waals surface area contributed by atoms with Gasteiger partial charge in [0.25, 0.3) is 0 Å². The molecular formula is C14H13Cl2N. The Bertz CT molecular complexity index is 605. The fraction of sp³-hybridized carbons (Fsp3) is 0.357. The zero-order valence-corrected chi connectivity index (χ0v) is 11.2. The minimum Gasteiger partial charge on any atom is -0.252 e. The Labute approximate surface area is 111 Å². The summed E-state index contributed by atoms with van der Waals surface area (Å²) in [6.45, 7) is 2.03. The highest BCUT2D eigenvalue weighted by Crippen LogP contribution is 2.35. The number of benzene rings is 1. The van der Waals surface area contributed by atoms with E-state index in [2.05, 4.69) is 0 Å². The van der Waals surface area contributed by atoms with E-state index in [1.807, 2.05) is 19.1 Å². The molecule has 88 valence electrons. The highest BCUT2D eigenvalue weighted by molar-refractivity contribution is 6.37. The van der Waals surface area contributed by atoms with Crippen LogP contribution < -0.4 is 0 Å². The first-order valence-corrected chi connectivity index (χ1v) is 6.69. The van der Waals surface area contributed by atoms with Gasteiger partial charge in [-0.25, -0.2) is 0 Å². The normalized spacial score (nSPS) is 15.0. The lowest BCUT2D eigenvalue weighted by Crippen LogP contribution is -2.07. The van der Waals surface area contributed by atoms with E-state index in [1.165, 1.54) is 24.1 Å². The zero-order valence-electron chi connectivity index (χ0n) is 9.69. The molecular weight excluding hydrogens is 253 g/mol. The van der Waals surface area contributed by atoms with Crippen molar-refractivity contribution in [2.45, 2.75) is 32.6 Å². The van der Waals surface area contributed by atoms with Gasteiger partial charge in [0.1, 0.15) is 0 Å². The molecule has 2 aromatic rings. The molecule has 3 rings (SSSR count). The third kappa shape index (κ3) is 1.82. The smallest absolute Gasteiger partial charge is 0.0750 e. The molecule has 0 aliphatic heterocycles. The van der Waals surface area contributed by atoms with Crippen molar-refractivity contribution >= 4 is 34.1 Å². The molecule has 0 atom stereocenters. The van der Waals surface area contributed by atoms with Gasteiger partial charge in [-0.1, -0.05) is 23.2 Å². The first-order valence-electron chi connectivity index (χ1n) is 5.94. The first-order chi connectivity index (χ1) is 8.16. The topological polar surface area (TPSA) is 12.9 Å². The predicted molar refractivity (Wildman–Crippen MR) is 73.1 cm³/mol. The summed E-state index contributed by atoms with van der Waals surface area (Å²) in [5.41, 5.74) is 4.51. The fourth-order valence-corrected chi connectivity index (χ4v) is 3.22. The van der Waals surface area contributed by atoms with Gasteiger partial charge in [-0.2, -0.15) is 0 Å². The second-order valence-electron chi connectivity index (χ2n) is 4.68. The summed E-state index contributed by atoms with van der Waals surface area (Å²) in [4.78, 5) is 4.77. The van der Waals surface area contributed by atoms with Gasteiger partial charge in [-0.05, 0) is 55.9 Å². The molecule has 0 fully saturated rings. The van der Waals surface area contributed by atoms with Crippen molar-refractivity contribution in [1.29, 1.82) is 0 Å². The van der Waals surface area contributed by atoms with Gasteiger partial charge in [-0.3, -0.25) is 4.98 Å². The van der Waals surface area contributed by atoms with Gasteiger partial charge in [0.05, 0.1) is 10.5 Å². The number of halogens is 2. The predicted octanol–water partition coefficient (Wildman–Crippen LogP) is 4.73. The number of pyridine rings is 1. The second-order valence-corrected chi connectivity index (χ2v) is 5.49. The number of aromatic nitrogens is 1. The molecule has 0 N–H and O–H groups in total. The zero-order chi connectivity index (χ0) is 12.0. The molecule has 1 aromatic carbocycles. The van der Waals surface area contributed by atoms with Crippen molar-refractivity contribution < 1.29 is 0 Å². The minimum absolute atomic E-state index is 0.731. The summed E-state index contributed by atoms with van der Waals surface area (Å²) in [6, 6.07) is 3.87. The van der Waals surface area contributed by atoms with Crippen LogP contribution >= 0.6 is 23.2 Å². The number of nitrogens with zero attached hydrogens (tertiary/aromatic N) is 1. The molecule has 1 aliphatic carbocycles. The van der Waals surface area contributed by atoms with Gasteiger partial charge in [0.2, 0.25) is 0 Å². The van der Waals surface area contributed by atoms with Crippen molar-refractivity contribution in [2.75, 3.05) is 0 Å². The largest absolute Gasteiger partial charge is 0.252 e. The van der Waals surface area contributed by atoms with Crippen molar-refractivity contribution in [3.63, 3.8) is 0 Å². The first kappa shape index (κ1) is 11.3. The van der Waals surface area contributed by atoms with Crippen LogP contribution in [0.25, 0.3) is 10.9 Å². The van der Waals surface area contributed by atoms with E-state index in [0.29, 0.717) is 0 Å². The van der Waals surface area contributed by atoms with Crippen LogP contribution in [0.2, 0.25) is 10.0 Å². The molecule has 1 aromatic heterocycles. The van der Waals surface area contributed by atoms with E-state index < -0.39 is 0 Å². The van der Waals surface area contributed by atoms with Crippen LogP contribution in [-0.4, -0.2) is 4.98 Å². The minimum atomic E-state index is 0.731. The third-order valence-electron chi connectivity index (χ3n) is 3.45. The van der Waals surface area contributed by atoms with Crippen molar-refractivity contribution in [3.8, 4) is 0 Å². The number of hydrogen-bond acceptors (Lipinski definition) is 1. The average Bonchev–Trinajstić information content (AvgIpc) is 2.31. The van der Waals surface area contributed by atoms with Crippen molar-refractivity contribution in [3.05, 3.63) is 39.0 Å². The number of aryl methyl sites for hydroxylation is 2. The summed E-state index contributed by atoms with van der Waals surface area (Å²) >= 11 is 12.6. The van der Waals surface area contributed by atoms with Crippen LogP contribution in [-0.2, 0) is 12.8 Å². The van der Waals surface area contributed by atoms with Gasteiger partial charge in [-0.15, -0.1) is 0 Å². The summed E-state index contributed by atoms with van der Waals surface area (Å²) < 4.78 is 0. The Hall–Kier alpha value is -0.790. The molecule has 0 spiro atoms. The fourth-order valence-electron chi connectivity index (χ4n) is 2.60. The van der Waals surface area contributed by atoms with Crippen molar-refractivity contribution in [2.24, 2.45) is 0 Å². The van der Waals surface area contributed by atoms with E-state index in [0.717, 1.165) is 39.4 Å². The molecule has 0 saturated carbocycles. The molecule has 1 nitrogen and oxygen atoms in total. The maximum absolute atomic E-state index is 6.50. The van der Waals surface area contributed by atoms with E-state index in [-0.39, 0.29) is 0 Å². The number of fused-ring (bicyclic) bond motifs is 2. The molecule has 0 saturated heterocycles. The maximum Gasteiger partial charge on any atom is 0.0750 e. The second kappa shape index (κ2) is 4.15. The Kier molecular flexibility index (Phi) is 2.76. The molecule has 0 amide bonds. The average molecular weight is 266 g/mol. The summed E-state index contributed by atoms with van der Waals surface area (Å²) in [7, 11) is 0. The Morgan fingerprint density at radius 2 is 1.88 bits per heavy atom. The molecule has 1 heterocycles. The van der Waals surface area contributed by atoms with Crippen LogP contribution in [0.1, 0.15) is 29.7 Å². The van der Waals surface area contributed by atoms with Gasteiger partial charge >= 0.3 is 0 Å². The molecule has 17 heavy (non-hydrogen) atoms. The van der Waals surface area contributed by atoms with E-state index in [9.17, 15) is 0 Å². The third-order valence-corrected chi connectivity index (χ3v) is 4.10. The molecule has 0 unspecified atom stereocenters. The lowest BCUT2D eigenvalue weighted by molar-refractivity contribution is 0.671. The Morgan fingerprint density at radius 3 is 2.71 bits per heavy atom. The van der Waals surface area contributed by atoms with Crippen LogP contribution in [0, 0.1) is 6.92 Å². The van der Waals surface area contributed by atoms with Crippen LogP contribution in [0.4, 0.5) is 0 Å². The Balaban J connectivity index is 2.40. The number of rotatable bonds is 0. The lowest BCUT2D eigenvalue weighted by atomic mass is 9.94. The van der Waals surface area contributed by atoms with E-state index in [1.54, 1.807) is 0 Å². The van der Waals surface area contributed by atoms with Gasteiger partial charge in [0, 0.05) is 16.1 Å². The van der Waals surface area contributed by atoms with E-state index >= 15 is 0 Å². The number of hydrogen-bond donors (Lipinski definition) is 0. The van der Waals surface area contributed by atoms with Crippen LogP contribution in [0.5, 0.6) is 0 Å². The van der Waals surface area contributed by atoms with Gasteiger partial charge < -0.3 is 0 Å².